The molecule has 3 heteroatoms. The molecule has 1 N–H and O–H groups in total. The maximum absolute atomic E-state index is 8.99. The molecule has 19 heavy (non-hydrogen) atoms. The molecule has 0 aromatic rings. The Balaban J connectivity index is 0. The van der Waals surface area contributed by atoms with Gasteiger partial charge < -0.3 is 17.5 Å². The lowest BCUT2D eigenvalue weighted by atomic mass is 10.1. The maximum Gasteiger partial charge on any atom is 0.0820 e. The Morgan fingerprint density at radius 3 is 1.53 bits per heavy atom. The molecule has 0 aliphatic carbocycles. The number of halogens is 1. The highest BCUT2D eigenvalue weighted by atomic mass is 35.5. The number of aliphatic hydroxyl groups is 1. The van der Waals surface area contributed by atoms with Gasteiger partial charge in [-0.3, -0.25) is 0 Å². The summed E-state index contributed by atoms with van der Waals surface area (Å²) in [6.07, 6.45) is 16.6. The van der Waals surface area contributed by atoms with Gasteiger partial charge in [-0.1, -0.05) is 58.3 Å². The number of hydrogen-bond acceptors (Lipinski definition) is 1. The van der Waals surface area contributed by atoms with Gasteiger partial charge in [-0.05, 0) is 12.8 Å². The Bertz CT molecular complexity index is 174. The summed E-state index contributed by atoms with van der Waals surface area (Å²) in [5.74, 6) is 0. The lowest BCUT2D eigenvalue weighted by Gasteiger charge is -2.16. The fourth-order valence-electron chi connectivity index (χ4n) is 2.41. The summed E-state index contributed by atoms with van der Waals surface area (Å²) in [6.45, 7) is 7.44. The van der Waals surface area contributed by atoms with Gasteiger partial charge in [-0.2, -0.15) is 0 Å². The largest absolute Gasteiger partial charge is 1.00 e. The second kappa shape index (κ2) is 15.1. The summed E-state index contributed by atoms with van der Waals surface area (Å²) in [5.41, 5.74) is 0. The molecule has 0 amide bonds. The van der Waals surface area contributed by atoms with Crippen LogP contribution in [0.25, 0.3) is 0 Å². The van der Waals surface area contributed by atoms with Gasteiger partial charge in [0.25, 0.3) is 0 Å². The van der Waals surface area contributed by atoms with E-state index >= 15 is 0 Å². The van der Waals surface area contributed by atoms with Crippen LogP contribution in [-0.2, 0) is 0 Å². The molecule has 0 saturated heterocycles. The fourth-order valence-corrected chi connectivity index (χ4v) is 4.25. The molecule has 0 bridgehead atoms. The molecule has 0 fully saturated rings. The zero-order valence-electron chi connectivity index (χ0n) is 13.5. The number of rotatable bonds is 13. The lowest BCUT2D eigenvalue weighted by molar-refractivity contribution is -0.00000541. The van der Waals surface area contributed by atoms with Crippen molar-refractivity contribution in [2.45, 2.75) is 71.1 Å². The van der Waals surface area contributed by atoms with Crippen molar-refractivity contribution < 1.29 is 17.5 Å². The van der Waals surface area contributed by atoms with Gasteiger partial charge in [0, 0.05) is 20.6 Å². The Morgan fingerprint density at radius 2 is 1.11 bits per heavy atom. The minimum Gasteiger partial charge on any atom is -1.00 e. The lowest BCUT2D eigenvalue weighted by Crippen LogP contribution is -3.00. The van der Waals surface area contributed by atoms with E-state index in [-0.39, 0.29) is 12.4 Å². The predicted molar refractivity (Wildman–Crippen MR) is 87.4 cm³/mol. The van der Waals surface area contributed by atoms with Crippen LogP contribution in [0.1, 0.15) is 71.1 Å². The van der Waals surface area contributed by atoms with Crippen molar-refractivity contribution >= 4 is 7.26 Å². The van der Waals surface area contributed by atoms with E-state index in [1.807, 2.05) is 0 Å². The van der Waals surface area contributed by atoms with Crippen LogP contribution in [-0.4, -0.2) is 37.4 Å². The Morgan fingerprint density at radius 1 is 0.684 bits per heavy atom. The van der Waals surface area contributed by atoms with E-state index in [9.17, 15) is 0 Å². The van der Waals surface area contributed by atoms with Crippen molar-refractivity contribution in [3.63, 3.8) is 0 Å². The van der Waals surface area contributed by atoms with Crippen molar-refractivity contribution in [1.29, 1.82) is 0 Å². The summed E-state index contributed by atoms with van der Waals surface area (Å²) in [4.78, 5) is 0. The zero-order valence-corrected chi connectivity index (χ0v) is 15.1. The van der Waals surface area contributed by atoms with Crippen molar-refractivity contribution in [2.24, 2.45) is 0 Å². The van der Waals surface area contributed by atoms with Crippen LogP contribution in [0.5, 0.6) is 0 Å². The van der Waals surface area contributed by atoms with Crippen LogP contribution < -0.4 is 12.4 Å². The molecule has 0 atom stereocenters. The summed E-state index contributed by atoms with van der Waals surface area (Å²) >= 11 is 0. The molecular formula is C16H36ClOP. The van der Waals surface area contributed by atoms with Gasteiger partial charge in [0.05, 0.1) is 18.9 Å². The van der Waals surface area contributed by atoms with E-state index in [2.05, 4.69) is 20.3 Å². The third-order valence-corrected chi connectivity index (χ3v) is 6.76. The molecule has 0 radical (unpaired) electrons. The zero-order chi connectivity index (χ0) is 13.7. The molecule has 0 aliphatic rings. The minimum absolute atomic E-state index is 0. The van der Waals surface area contributed by atoms with Crippen molar-refractivity contribution in [3.8, 4) is 0 Å². The highest BCUT2D eigenvalue weighted by Gasteiger charge is 2.22. The summed E-state index contributed by atoms with van der Waals surface area (Å²) in [5, 5.41) is 8.99. The van der Waals surface area contributed by atoms with Gasteiger partial charge in [0.15, 0.2) is 0 Å². The summed E-state index contributed by atoms with van der Waals surface area (Å²) in [6, 6.07) is 0. The van der Waals surface area contributed by atoms with E-state index in [4.69, 9.17) is 5.11 Å². The molecule has 0 rings (SSSR count). The first-order valence-electron chi connectivity index (χ1n) is 8.05. The van der Waals surface area contributed by atoms with Crippen LogP contribution in [0.4, 0.5) is 0 Å². The predicted octanol–water partition coefficient (Wildman–Crippen LogP) is 2.18. The van der Waals surface area contributed by atoms with E-state index in [0.717, 1.165) is 6.16 Å². The maximum atomic E-state index is 8.99. The molecule has 0 aliphatic heterocycles. The highest BCUT2D eigenvalue weighted by molar-refractivity contribution is 7.74. The first-order valence-corrected chi connectivity index (χ1v) is 11.1. The van der Waals surface area contributed by atoms with Gasteiger partial charge in [-0.25, -0.2) is 0 Å². The number of aliphatic hydroxyl groups excluding tert-OH is 1. The number of hydrogen-bond donors (Lipinski definition) is 1. The Kier molecular flexibility index (Phi) is 17.4. The first kappa shape index (κ1) is 22.0. The highest BCUT2D eigenvalue weighted by Crippen LogP contribution is 2.51. The topological polar surface area (TPSA) is 20.2 Å². The molecule has 0 spiro atoms. The molecule has 0 aromatic heterocycles. The van der Waals surface area contributed by atoms with E-state index < -0.39 is 7.26 Å². The van der Waals surface area contributed by atoms with Gasteiger partial charge in [0.1, 0.15) is 0 Å². The quantitative estimate of drug-likeness (QED) is 0.408. The van der Waals surface area contributed by atoms with Crippen LogP contribution in [0.3, 0.4) is 0 Å². The van der Waals surface area contributed by atoms with E-state index in [1.165, 1.54) is 70.4 Å². The smallest absolute Gasteiger partial charge is 0.0820 e. The average Bonchev–Trinajstić information content (AvgIpc) is 2.31. The molecule has 0 saturated carbocycles. The molecular weight excluding hydrogens is 275 g/mol. The van der Waals surface area contributed by atoms with Gasteiger partial charge in [0.2, 0.25) is 0 Å². The van der Waals surface area contributed by atoms with Gasteiger partial charge in [-0.15, -0.1) is 0 Å². The van der Waals surface area contributed by atoms with Crippen LogP contribution in [0, 0.1) is 0 Å². The number of unbranched alkanes of at least 4 members (excludes halogenated alkanes) is 9. The van der Waals surface area contributed by atoms with Crippen LogP contribution in [0.15, 0.2) is 0 Å². The van der Waals surface area contributed by atoms with Crippen LogP contribution >= 0.6 is 7.26 Å². The normalized spacial score (nSPS) is 11.4. The summed E-state index contributed by atoms with van der Waals surface area (Å²) in [7, 11) is -0.767. The van der Waals surface area contributed by atoms with Crippen LogP contribution in [0.2, 0.25) is 0 Å². The molecule has 118 valence electrons. The fraction of sp³-hybridized carbons (Fsp3) is 1.00. The van der Waals surface area contributed by atoms with Gasteiger partial charge >= 0.3 is 0 Å². The second-order valence-corrected chi connectivity index (χ2v) is 11.1. The van der Waals surface area contributed by atoms with Crippen molar-refractivity contribution in [2.75, 3.05) is 32.3 Å². The third kappa shape index (κ3) is 16.6. The van der Waals surface area contributed by atoms with E-state index in [1.54, 1.807) is 0 Å². The van der Waals surface area contributed by atoms with Crippen molar-refractivity contribution in [3.05, 3.63) is 0 Å². The molecule has 1 nitrogen and oxygen atoms in total. The van der Waals surface area contributed by atoms with Crippen molar-refractivity contribution in [1.82, 2.24) is 0 Å². The molecule has 0 heterocycles. The first-order chi connectivity index (χ1) is 8.62. The third-order valence-electron chi connectivity index (χ3n) is 3.82. The monoisotopic (exact) mass is 310 g/mol. The van der Waals surface area contributed by atoms with E-state index in [0.29, 0.717) is 6.61 Å². The average molecular weight is 311 g/mol. The Hall–Kier alpha value is 0.680. The minimum atomic E-state index is -0.767. The second-order valence-electron chi connectivity index (χ2n) is 6.29. The Labute approximate surface area is 128 Å². The molecule has 0 unspecified atom stereocenters. The molecule has 0 aromatic carbocycles. The SMILES string of the molecule is CCCCCCCCCCCC[P+](C)(C)CCO.[Cl-]. The standard InChI is InChI=1S/C16H36OP.ClH/c1-4-5-6-7-8-9-10-11-12-13-15-18(2,3)16-14-17;/h17H,4-16H2,1-3H3;1H/q+1;/p-1. The summed E-state index contributed by atoms with van der Waals surface area (Å²) < 4.78 is 0.